The SMILES string of the molecule is CC[C@@H](C)[C@@H](NC(=O)c1ccccc1)C(=O)NCc1ccc(N2CCOCC2)nc1. The van der Waals surface area contributed by atoms with E-state index in [9.17, 15) is 9.59 Å². The van der Waals surface area contributed by atoms with Crippen LogP contribution in [-0.2, 0) is 16.1 Å². The van der Waals surface area contributed by atoms with E-state index in [0.717, 1.165) is 30.9 Å². The average Bonchev–Trinajstić information content (AvgIpc) is 2.81. The molecule has 160 valence electrons. The van der Waals surface area contributed by atoms with Gasteiger partial charge in [0.1, 0.15) is 11.9 Å². The highest BCUT2D eigenvalue weighted by atomic mass is 16.5. The minimum Gasteiger partial charge on any atom is -0.378 e. The largest absolute Gasteiger partial charge is 0.378 e. The van der Waals surface area contributed by atoms with Gasteiger partial charge in [-0.15, -0.1) is 0 Å². The van der Waals surface area contributed by atoms with Crippen LogP contribution in [0.1, 0.15) is 36.2 Å². The molecule has 2 heterocycles. The number of rotatable bonds is 8. The van der Waals surface area contributed by atoms with Crippen LogP contribution < -0.4 is 15.5 Å². The maximum atomic E-state index is 12.8. The fraction of sp³-hybridized carbons (Fsp3) is 0.435. The van der Waals surface area contributed by atoms with Gasteiger partial charge in [-0.3, -0.25) is 9.59 Å². The van der Waals surface area contributed by atoms with Crippen LogP contribution in [0.2, 0.25) is 0 Å². The van der Waals surface area contributed by atoms with Crippen molar-refractivity contribution in [1.29, 1.82) is 0 Å². The molecule has 0 unspecified atom stereocenters. The second-order valence-electron chi connectivity index (χ2n) is 7.54. The van der Waals surface area contributed by atoms with Crippen molar-refractivity contribution in [1.82, 2.24) is 15.6 Å². The Balaban J connectivity index is 1.58. The Labute approximate surface area is 177 Å². The maximum Gasteiger partial charge on any atom is 0.251 e. The molecule has 0 bridgehead atoms. The van der Waals surface area contributed by atoms with Gasteiger partial charge in [-0.25, -0.2) is 4.98 Å². The molecular formula is C23H30N4O3. The summed E-state index contributed by atoms with van der Waals surface area (Å²) in [7, 11) is 0. The van der Waals surface area contributed by atoms with Crippen LogP contribution in [0.5, 0.6) is 0 Å². The summed E-state index contributed by atoms with van der Waals surface area (Å²) in [4.78, 5) is 32.1. The number of hydrogen-bond acceptors (Lipinski definition) is 5. The number of carbonyl (C=O) groups excluding carboxylic acids is 2. The summed E-state index contributed by atoms with van der Waals surface area (Å²) in [5.41, 5.74) is 1.46. The second kappa shape index (κ2) is 10.7. The Morgan fingerprint density at radius 3 is 2.50 bits per heavy atom. The summed E-state index contributed by atoms with van der Waals surface area (Å²) in [6.07, 6.45) is 2.56. The zero-order valence-corrected chi connectivity index (χ0v) is 17.6. The second-order valence-corrected chi connectivity index (χ2v) is 7.54. The van der Waals surface area contributed by atoms with Crippen molar-refractivity contribution in [2.45, 2.75) is 32.9 Å². The molecule has 3 rings (SSSR count). The molecule has 1 fully saturated rings. The summed E-state index contributed by atoms with van der Waals surface area (Å²) in [5, 5.41) is 5.83. The van der Waals surface area contributed by atoms with Crippen LogP contribution in [0.15, 0.2) is 48.7 Å². The third kappa shape index (κ3) is 5.79. The third-order valence-corrected chi connectivity index (χ3v) is 5.43. The first kappa shape index (κ1) is 21.8. The molecule has 7 nitrogen and oxygen atoms in total. The Kier molecular flexibility index (Phi) is 7.79. The number of nitrogens with zero attached hydrogens (tertiary/aromatic N) is 2. The van der Waals surface area contributed by atoms with Crippen molar-refractivity contribution >= 4 is 17.6 Å². The zero-order valence-electron chi connectivity index (χ0n) is 17.6. The molecular weight excluding hydrogens is 380 g/mol. The minimum atomic E-state index is -0.594. The fourth-order valence-corrected chi connectivity index (χ4v) is 3.32. The molecule has 0 radical (unpaired) electrons. The number of aromatic nitrogens is 1. The van der Waals surface area contributed by atoms with Crippen molar-refractivity contribution in [3.8, 4) is 0 Å². The van der Waals surface area contributed by atoms with Gasteiger partial charge in [-0.2, -0.15) is 0 Å². The van der Waals surface area contributed by atoms with Gasteiger partial charge in [0, 0.05) is 31.4 Å². The number of morpholine rings is 1. The number of benzene rings is 1. The quantitative estimate of drug-likeness (QED) is 0.698. The lowest BCUT2D eigenvalue weighted by atomic mass is 9.97. The first-order chi connectivity index (χ1) is 14.6. The molecule has 2 N–H and O–H groups in total. The highest BCUT2D eigenvalue weighted by Gasteiger charge is 2.26. The molecule has 1 aromatic heterocycles. The van der Waals surface area contributed by atoms with E-state index in [-0.39, 0.29) is 17.7 Å². The number of hydrogen-bond donors (Lipinski definition) is 2. The molecule has 2 amide bonds. The molecule has 2 aromatic rings. The summed E-state index contributed by atoms with van der Waals surface area (Å²) in [6, 6.07) is 12.3. The van der Waals surface area contributed by atoms with Crippen LogP contribution in [0.25, 0.3) is 0 Å². The number of pyridine rings is 1. The fourth-order valence-electron chi connectivity index (χ4n) is 3.32. The summed E-state index contributed by atoms with van der Waals surface area (Å²) in [5.74, 6) is 0.499. The van der Waals surface area contributed by atoms with Gasteiger partial charge in [0.05, 0.1) is 13.2 Å². The number of amides is 2. The van der Waals surface area contributed by atoms with Crippen LogP contribution in [0.4, 0.5) is 5.82 Å². The molecule has 1 aromatic carbocycles. The van der Waals surface area contributed by atoms with Gasteiger partial charge >= 0.3 is 0 Å². The van der Waals surface area contributed by atoms with Gasteiger partial charge in [0.2, 0.25) is 5.91 Å². The molecule has 0 aliphatic carbocycles. The maximum absolute atomic E-state index is 12.8. The van der Waals surface area contributed by atoms with Crippen molar-refractivity contribution in [2.24, 2.45) is 5.92 Å². The Morgan fingerprint density at radius 1 is 1.13 bits per heavy atom. The van der Waals surface area contributed by atoms with Crippen LogP contribution in [0, 0.1) is 5.92 Å². The predicted octanol–water partition coefficient (Wildman–Crippen LogP) is 2.38. The number of ether oxygens (including phenoxy) is 1. The molecule has 30 heavy (non-hydrogen) atoms. The van der Waals surface area contributed by atoms with Crippen molar-refractivity contribution < 1.29 is 14.3 Å². The van der Waals surface area contributed by atoms with Gasteiger partial charge in [-0.05, 0) is 29.7 Å². The number of nitrogens with one attached hydrogen (secondary N) is 2. The lowest BCUT2D eigenvalue weighted by Crippen LogP contribution is -2.50. The molecule has 1 aliphatic rings. The van der Waals surface area contributed by atoms with E-state index in [0.29, 0.717) is 25.3 Å². The highest BCUT2D eigenvalue weighted by molar-refractivity contribution is 5.97. The zero-order chi connectivity index (χ0) is 21.3. The van der Waals surface area contributed by atoms with Crippen LogP contribution >= 0.6 is 0 Å². The predicted molar refractivity (Wildman–Crippen MR) is 116 cm³/mol. The van der Waals surface area contributed by atoms with E-state index < -0.39 is 6.04 Å². The van der Waals surface area contributed by atoms with E-state index in [1.807, 2.05) is 32.0 Å². The van der Waals surface area contributed by atoms with Crippen molar-refractivity contribution in [3.63, 3.8) is 0 Å². The molecule has 7 heteroatoms. The van der Waals surface area contributed by atoms with Gasteiger partial charge in [0.15, 0.2) is 0 Å². The summed E-state index contributed by atoms with van der Waals surface area (Å²) < 4.78 is 5.37. The van der Waals surface area contributed by atoms with E-state index in [2.05, 4.69) is 20.5 Å². The Bertz CT molecular complexity index is 820. The standard InChI is InChI=1S/C23H30N4O3/c1-3-17(2)21(26-22(28)19-7-5-4-6-8-19)23(29)25-16-18-9-10-20(24-15-18)27-11-13-30-14-12-27/h4-10,15,17,21H,3,11-14,16H2,1-2H3,(H,25,29)(H,26,28)/t17-,21-/m1/s1. The van der Waals surface area contributed by atoms with Crippen molar-refractivity contribution in [2.75, 3.05) is 31.2 Å². The van der Waals surface area contributed by atoms with Gasteiger partial charge in [-0.1, -0.05) is 44.5 Å². The monoisotopic (exact) mass is 410 g/mol. The first-order valence-electron chi connectivity index (χ1n) is 10.5. The molecule has 1 saturated heterocycles. The summed E-state index contributed by atoms with van der Waals surface area (Å²) >= 11 is 0. The summed E-state index contributed by atoms with van der Waals surface area (Å²) in [6.45, 7) is 7.43. The van der Waals surface area contributed by atoms with E-state index in [4.69, 9.17) is 4.74 Å². The van der Waals surface area contributed by atoms with Crippen LogP contribution in [0.3, 0.4) is 0 Å². The van der Waals surface area contributed by atoms with E-state index >= 15 is 0 Å². The minimum absolute atomic E-state index is 0.0134. The molecule has 0 spiro atoms. The highest BCUT2D eigenvalue weighted by Crippen LogP contribution is 2.14. The average molecular weight is 411 g/mol. The number of anilines is 1. The third-order valence-electron chi connectivity index (χ3n) is 5.43. The van der Waals surface area contributed by atoms with E-state index in [1.165, 1.54) is 0 Å². The smallest absolute Gasteiger partial charge is 0.251 e. The Hall–Kier alpha value is -2.93. The lowest BCUT2D eigenvalue weighted by Gasteiger charge is -2.27. The van der Waals surface area contributed by atoms with Crippen LogP contribution in [-0.4, -0.2) is 49.1 Å². The molecule has 1 aliphatic heterocycles. The lowest BCUT2D eigenvalue weighted by molar-refractivity contribution is -0.124. The van der Waals surface area contributed by atoms with E-state index in [1.54, 1.807) is 30.5 Å². The number of carbonyl (C=O) groups is 2. The normalized spacial score (nSPS) is 15.9. The first-order valence-corrected chi connectivity index (χ1v) is 10.5. The van der Waals surface area contributed by atoms with Gasteiger partial charge < -0.3 is 20.3 Å². The molecule has 2 atom stereocenters. The molecule has 0 saturated carbocycles. The Morgan fingerprint density at radius 2 is 1.87 bits per heavy atom. The van der Waals surface area contributed by atoms with Crippen molar-refractivity contribution in [3.05, 3.63) is 59.8 Å². The van der Waals surface area contributed by atoms with Gasteiger partial charge in [0.25, 0.3) is 5.91 Å². The topological polar surface area (TPSA) is 83.6 Å².